The molecule has 0 amide bonds. The van der Waals surface area contributed by atoms with E-state index in [1.54, 1.807) is 0 Å². The van der Waals surface area contributed by atoms with Crippen molar-refractivity contribution in [1.29, 1.82) is 0 Å². The summed E-state index contributed by atoms with van der Waals surface area (Å²) in [6.07, 6.45) is 0. The van der Waals surface area contributed by atoms with Gasteiger partial charge in [-0.2, -0.15) is 0 Å². The Labute approximate surface area is 387 Å². The molecular formula is C65H45N. The minimum absolute atomic E-state index is 0.455. The van der Waals surface area contributed by atoms with Crippen LogP contribution in [-0.4, -0.2) is 0 Å². The second-order valence-electron chi connectivity index (χ2n) is 17.2. The van der Waals surface area contributed by atoms with E-state index < -0.39 is 5.41 Å². The number of hydrogen-bond donors (Lipinski definition) is 0. The van der Waals surface area contributed by atoms with Crippen LogP contribution in [0.5, 0.6) is 0 Å². The maximum absolute atomic E-state index is 2.45. The molecule has 1 aliphatic rings. The monoisotopic (exact) mass is 839 g/mol. The summed E-state index contributed by atoms with van der Waals surface area (Å²) in [7, 11) is 0. The predicted octanol–water partition coefficient (Wildman–Crippen LogP) is 17.3. The molecule has 0 heterocycles. The van der Waals surface area contributed by atoms with Crippen LogP contribution in [0, 0.1) is 0 Å². The van der Waals surface area contributed by atoms with E-state index in [0.29, 0.717) is 0 Å². The van der Waals surface area contributed by atoms with Gasteiger partial charge in [0.05, 0.1) is 5.41 Å². The molecule has 0 fully saturated rings. The largest absolute Gasteiger partial charge is 0.310 e. The van der Waals surface area contributed by atoms with Crippen molar-refractivity contribution in [2.45, 2.75) is 5.41 Å². The second kappa shape index (κ2) is 16.6. The van der Waals surface area contributed by atoms with Crippen LogP contribution in [0.2, 0.25) is 0 Å². The van der Waals surface area contributed by atoms with Crippen LogP contribution >= 0.6 is 0 Å². The summed E-state index contributed by atoms with van der Waals surface area (Å²) < 4.78 is 0. The van der Waals surface area contributed by atoms with E-state index in [4.69, 9.17) is 0 Å². The average molecular weight is 840 g/mol. The molecule has 0 unspecified atom stereocenters. The zero-order valence-corrected chi connectivity index (χ0v) is 36.4. The molecule has 0 saturated carbocycles. The lowest BCUT2D eigenvalue weighted by molar-refractivity contribution is 0.769. The highest BCUT2D eigenvalue weighted by Gasteiger charge is 2.46. The average Bonchev–Trinajstić information content (AvgIpc) is 3.70. The maximum Gasteiger partial charge on any atom is 0.0713 e. The van der Waals surface area contributed by atoms with E-state index in [9.17, 15) is 0 Å². The number of rotatable bonds is 9. The van der Waals surface area contributed by atoms with Gasteiger partial charge in [0.1, 0.15) is 0 Å². The first-order chi connectivity index (χ1) is 32.7. The molecule has 0 radical (unpaired) electrons. The minimum Gasteiger partial charge on any atom is -0.310 e. The van der Waals surface area contributed by atoms with Gasteiger partial charge in [-0.05, 0) is 131 Å². The summed E-state index contributed by atoms with van der Waals surface area (Å²) in [6.45, 7) is 0. The Morgan fingerprint density at radius 3 is 1.38 bits per heavy atom. The Hall–Kier alpha value is -8.52. The summed E-state index contributed by atoms with van der Waals surface area (Å²) in [5, 5.41) is 2.48. The van der Waals surface area contributed by atoms with Gasteiger partial charge in [-0.25, -0.2) is 0 Å². The number of fused-ring (bicyclic) bond motifs is 4. The van der Waals surface area contributed by atoms with E-state index in [1.165, 1.54) is 88.7 Å². The van der Waals surface area contributed by atoms with Gasteiger partial charge in [0.15, 0.2) is 0 Å². The van der Waals surface area contributed by atoms with E-state index in [2.05, 4.69) is 278 Å². The topological polar surface area (TPSA) is 3.24 Å². The molecule has 0 saturated heterocycles. The third kappa shape index (κ3) is 6.73. The number of hydrogen-bond acceptors (Lipinski definition) is 1. The fourth-order valence-electron chi connectivity index (χ4n) is 10.5. The molecule has 0 N–H and O–H groups in total. The summed E-state index contributed by atoms with van der Waals surface area (Å²) in [6, 6.07) is 100.0. The molecule has 11 aromatic rings. The molecule has 0 aliphatic heterocycles. The molecule has 0 atom stereocenters. The third-order valence-corrected chi connectivity index (χ3v) is 13.6. The van der Waals surface area contributed by atoms with Gasteiger partial charge in [0.2, 0.25) is 0 Å². The van der Waals surface area contributed by atoms with E-state index >= 15 is 0 Å². The Bertz CT molecular complexity index is 3460. The first-order valence-corrected chi connectivity index (χ1v) is 22.8. The highest BCUT2D eigenvalue weighted by Crippen LogP contribution is 2.56. The predicted molar refractivity (Wildman–Crippen MR) is 278 cm³/mol. The molecule has 0 aromatic heterocycles. The van der Waals surface area contributed by atoms with E-state index in [-0.39, 0.29) is 0 Å². The lowest BCUT2D eigenvalue weighted by atomic mass is 9.67. The van der Waals surface area contributed by atoms with Gasteiger partial charge >= 0.3 is 0 Å². The van der Waals surface area contributed by atoms with Crippen molar-refractivity contribution in [3.05, 3.63) is 295 Å². The van der Waals surface area contributed by atoms with Crippen molar-refractivity contribution < 1.29 is 0 Å². The van der Waals surface area contributed by atoms with Crippen molar-refractivity contribution in [3.8, 4) is 55.6 Å². The first kappa shape index (κ1) is 39.1. The lowest BCUT2D eigenvalue weighted by Gasteiger charge is -2.34. The first-order valence-electron chi connectivity index (χ1n) is 22.8. The van der Waals surface area contributed by atoms with Crippen LogP contribution in [0.25, 0.3) is 66.4 Å². The van der Waals surface area contributed by atoms with Crippen molar-refractivity contribution in [1.82, 2.24) is 0 Å². The Morgan fingerprint density at radius 1 is 0.242 bits per heavy atom. The minimum atomic E-state index is -0.455. The standard InChI is InChI=1S/C65H45N/c1-4-17-46(18-5-1)47-33-35-48(36-34-47)51-21-14-27-57(43-51)66(58-28-15-22-53(44-58)60-31-16-20-50-19-10-11-29-59(50)60)56-40-37-49(38-41-56)52-39-42-62-61-30-12-13-32-63(61)65(64(62)45-52,54-23-6-2-7-24-54)55-25-8-3-9-26-55/h1-45H. The SMILES string of the molecule is c1ccc(-c2ccc(-c3cccc(N(c4ccc(-c5ccc6c(c5)C(c5ccccc5)(c5ccccc5)c5ccccc5-6)cc4)c4cccc(-c5cccc6ccccc56)c4)c3)cc2)cc1. The van der Waals surface area contributed by atoms with E-state index in [0.717, 1.165) is 17.1 Å². The van der Waals surface area contributed by atoms with Gasteiger partial charge < -0.3 is 4.90 Å². The van der Waals surface area contributed by atoms with Crippen LogP contribution in [0.3, 0.4) is 0 Å². The summed E-state index contributed by atoms with van der Waals surface area (Å²) >= 11 is 0. The van der Waals surface area contributed by atoms with Crippen LogP contribution in [0.1, 0.15) is 22.3 Å². The van der Waals surface area contributed by atoms with Crippen LogP contribution < -0.4 is 4.90 Å². The number of benzene rings is 11. The summed E-state index contributed by atoms with van der Waals surface area (Å²) in [4.78, 5) is 2.40. The Kier molecular flexibility index (Phi) is 9.81. The number of anilines is 3. The smallest absolute Gasteiger partial charge is 0.0713 e. The highest BCUT2D eigenvalue weighted by atomic mass is 15.1. The van der Waals surface area contributed by atoms with Gasteiger partial charge in [-0.1, -0.05) is 231 Å². The zero-order chi connectivity index (χ0) is 43.9. The van der Waals surface area contributed by atoms with Crippen LogP contribution in [-0.2, 0) is 5.41 Å². The Balaban J connectivity index is 0.972. The molecule has 1 nitrogen and oxygen atoms in total. The summed E-state index contributed by atoms with van der Waals surface area (Å²) in [5.41, 5.74) is 20.1. The molecule has 12 rings (SSSR count). The zero-order valence-electron chi connectivity index (χ0n) is 36.4. The fraction of sp³-hybridized carbons (Fsp3) is 0.0154. The third-order valence-electron chi connectivity index (χ3n) is 13.6. The fourth-order valence-corrected chi connectivity index (χ4v) is 10.5. The van der Waals surface area contributed by atoms with Crippen molar-refractivity contribution in [3.63, 3.8) is 0 Å². The highest BCUT2D eigenvalue weighted by molar-refractivity contribution is 5.98. The van der Waals surface area contributed by atoms with Crippen molar-refractivity contribution >= 4 is 27.8 Å². The van der Waals surface area contributed by atoms with Crippen molar-refractivity contribution in [2.75, 3.05) is 4.90 Å². The van der Waals surface area contributed by atoms with Crippen LogP contribution in [0.15, 0.2) is 273 Å². The molecule has 11 aromatic carbocycles. The molecule has 0 spiro atoms. The number of nitrogens with zero attached hydrogens (tertiary/aromatic N) is 1. The molecular weight excluding hydrogens is 795 g/mol. The second-order valence-corrected chi connectivity index (χ2v) is 17.2. The van der Waals surface area contributed by atoms with Gasteiger partial charge in [-0.3, -0.25) is 0 Å². The van der Waals surface area contributed by atoms with Gasteiger partial charge in [0.25, 0.3) is 0 Å². The normalized spacial score (nSPS) is 12.4. The molecule has 66 heavy (non-hydrogen) atoms. The molecule has 1 heteroatoms. The molecule has 1 aliphatic carbocycles. The summed E-state index contributed by atoms with van der Waals surface area (Å²) in [5.74, 6) is 0. The van der Waals surface area contributed by atoms with Crippen molar-refractivity contribution in [2.24, 2.45) is 0 Å². The van der Waals surface area contributed by atoms with E-state index in [1.807, 2.05) is 0 Å². The van der Waals surface area contributed by atoms with Crippen LogP contribution in [0.4, 0.5) is 17.1 Å². The molecule has 310 valence electrons. The Morgan fingerprint density at radius 2 is 0.682 bits per heavy atom. The van der Waals surface area contributed by atoms with Gasteiger partial charge in [0, 0.05) is 17.1 Å². The lowest BCUT2D eigenvalue weighted by Crippen LogP contribution is -2.28. The molecule has 0 bridgehead atoms. The maximum atomic E-state index is 2.45. The quantitative estimate of drug-likeness (QED) is 0.140. The van der Waals surface area contributed by atoms with Gasteiger partial charge in [-0.15, -0.1) is 0 Å².